The molecule has 0 radical (unpaired) electrons. The van der Waals surface area contributed by atoms with E-state index in [-0.39, 0.29) is 5.56 Å². The second-order valence-electron chi connectivity index (χ2n) is 5.51. The summed E-state index contributed by atoms with van der Waals surface area (Å²) in [5, 5.41) is 50.3. The molecule has 0 saturated carbocycles. The Balaban J connectivity index is 2.27. The van der Waals surface area contributed by atoms with Crippen LogP contribution in [0.2, 0.25) is 0 Å². The van der Waals surface area contributed by atoms with Gasteiger partial charge in [0.1, 0.15) is 18.3 Å². The number of carbonyl (C=O) groups is 2. The van der Waals surface area contributed by atoms with Crippen LogP contribution in [0.1, 0.15) is 10.4 Å². The lowest BCUT2D eigenvalue weighted by atomic mass is 9.93. The highest BCUT2D eigenvalue weighted by Gasteiger charge is 2.43. The first-order valence-corrected chi connectivity index (χ1v) is 7.48. The fourth-order valence-corrected chi connectivity index (χ4v) is 2.43. The minimum atomic E-state index is -1.75. The summed E-state index contributed by atoms with van der Waals surface area (Å²) in [7, 11) is 0. The number of carboxylic acids is 1. The molecular weight excluding hydrogens is 334 g/mol. The second-order valence-corrected chi connectivity index (χ2v) is 5.51. The van der Waals surface area contributed by atoms with Crippen molar-refractivity contribution in [2.75, 3.05) is 6.61 Å². The average Bonchev–Trinajstić information content (AvgIpc) is 2.62. The maximum absolute atomic E-state index is 12.3. The molecule has 1 heterocycles. The zero-order valence-corrected chi connectivity index (χ0v) is 13.0. The van der Waals surface area contributed by atoms with Gasteiger partial charge in [0.05, 0.1) is 12.6 Å². The van der Waals surface area contributed by atoms with E-state index < -0.39 is 54.7 Å². The van der Waals surface area contributed by atoms with E-state index in [1.165, 1.54) is 12.1 Å². The number of ether oxygens (including phenoxy) is 1. The van der Waals surface area contributed by atoms with Crippen molar-refractivity contribution in [3.05, 3.63) is 47.7 Å². The molecule has 4 unspecified atom stereocenters. The third-order valence-corrected chi connectivity index (χ3v) is 3.77. The summed E-state index contributed by atoms with van der Waals surface area (Å²) in [6, 6.07) is 6.78. The Morgan fingerprint density at radius 1 is 1.20 bits per heavy atom. The van der Waals surface area contributed by atoms with E-state index in [1.807, 2.05) is 0 Å². The van der Waals surface area contributed by atoms with Gasteiger partial charge in [0.25, 0.3) is 5.91 Å². The lowest BCUT2D eigenvalue weighted by molar-refractivity contribution is -0.147. The fraction of sp³-hybridized carbons (Fsp3) is 0.375. The Morgan fingerprint density at radius 3 is 2.40 bits per heavy atom. The van der Waals surface area contributed by atoms with Gasteiger partial charge in [-0.1, -0.05) is 18.2 Å². The van der Waals surface area contributed by atoms with Crippen LogP contribution in [0.3, 0.4) is 0 Å². The zero-order valence-electron chi connectivity index (χ0n) is 13.0. The summed E-state index contributed by atoms with van der Waals surface area (Å²) in [4.78, 5) is 23.3. The van der Waals surface area contributed by atoms with Crippen LogP contribution < -0.4 is 5.32 Å². The van der Waals surface area contributed by atoms with Crippen molar-refractivity contribution in [3.63, 3.8) is 0 Å². The third kappa shape index (κ3) is 4.34. The van der Waals surface area contributed by atoms with Crippen LogP contribution in [-0.2, 0) is 9.53 Å². The van der Waals surface area contributed by atoms with E-state index in [9.17, 15) is 24.9 Å². The molecule has 1 aliphatic rings. The molecule has 6 N–H and O–H groups in total. The molecule has 9 heteroatoms. The summed E-state index contributed by atoms with van der Waals surface area (Å²) in [6.45, 7) is -0.817. The minimum Gasteiger partial charge on any atom is -0.478 e. The van der Waals surface area contributed by atoms with E-state index >= 15 is 0 Å². The number of hydrogen-bond donors (Lipinski definition) is 6. The van der Waals surface area contributed by atoms with Crippen molar-refractivity contribution in [2.24, 2.45) is 0 Å². The first-order valence-electron chi connectivity index (χ1n) is 7.48. The van der Waals surface area contributed by atoms with Gasteiger partial charge in [-0.2, -0.15) is 0 Å². The normalized spacial score (nSPS) is 25.3. The van der Waals surface area contributed by atoms with Crippen molar-refractivity contribution < 1.29 is 39.9 Å². The predicted molar refractivity (Wildman–Crippen MR) is 83.4 cm³/mol. The quantitative estimate of drug-likeness (QED) is 0.351. The summed E-state index contributed by atoms with van der Waals surface area (Å²) < 4.78 is 5.12. The van der Waals surface area contributed by atoms with Gasteiger partial charge in [0.2, 0.25) is 5.76 Å². The Labute approximate surface area is 142 Å². The number of aliphatic carboxylic acids is 1. The molecule has 1 aliphatic heterocycles. The van der Waals surface area contributed by atoms with Gasteiger partial charge in [0, 0.05) is 5.56 Å². The predicted octanol–water partition coefficient (Wildman–Crippen LogP) is -1.77. The van der Waals surface area contributed by atoms with Crippen LogP contribution in [0, 0.1) is 0 Å². The first-order chi connectivity index (χ1) is 11.8. The minimum absolute atomic E-state index is 0.277. The van der Waals surface area contributed by atoms with Gasteiger partial charge in [-0.3, -0.25) is 4.79 Å². The standard InChI is InChI=1S/C16H19NO8/c18-7-10(20)13(21)14-12(9(19)6-11(25-14)16(23)24)17-15(22)8-4-2-1-3-5-8/h1-6,9-10,12-14,18-21H,7H2,(H,17,22)(H,23,24)/t9-,10?,12?,13?,14?/m1/s1. The molecule has 0 fully saturated rings. The highest BCUT2D eigenvalue weighted by Crippen LogP contribution is 2.23. The molecule has 0 aliphatic carbocycles. The van der Waals surface area contributed by atoms with Crippen molar-refractivity contribution in [3.8, 4) is 0 Å². The number of nitrogens with one attached hydrogen (secondary N) is 1. The molecule has 0 saturated heterocycles. The summed E-state index contributed by atoms with van der Waals surface area (Å²) in [5.74, 6) is -2.70. The largest absolute Gasteiger partial charge is 0.478 e. The summed E-state index contributed by atoms with van der Waals surface area (Å²) in [5.41, 5.74) is 0.277. The first kappa shape index (κ1) is 18.9. The molecule has 25 heavy (non-hydrogen) atoms. The van der Waals surface area contributed by atoms with E-state index in [1.54, 1.807) is 18.2 Å². The lowest BCUT2D eigenvalue weighted by Crippen LogP contribution is -2.60. The Bertz CT molecular complexity index is 647. The molecule has 136 valence electrons. The molecule has 0 aromatic heterocycles. The van der Waals surface area contributed by atoms with E-state index in [2.05, 4.69) is 5.32 Å². The number of aliphatic hydroxyl groups is 4. The van der Waals surface area contributed by atoms with E-state index in [4.69, 9.17) is 14.9 Å². The van der Waals surface area contributed by atoms with Gasteiger partial charge >= 0.3 is 5.97 Å². The number of amides is 1. The Kier molecular flexibility index (Phi) is 6.10. The molecule has 9 nitrogen and oxygen atoms in total. The molecule has 2 rings (SSSR count). The maximum atomic E-state index is 12.3. The number of carboxylic acid groups (broad SMARTS) is 1. The Morgan fingerprint density at radius 2 is 1.84 bits per heavy atom. The smallest absolute Gasteiger partial charge is 0.370 e. The molecule has 0 spiro atoms. The second kappa shape index (κ2) is 8.08. The van der Waals surface area contributed by atoms with Crippen LogP contribution in [0.4, 0.5) is 0 Å². The molecule has 1 amide bonds. The van der Waals surface area contributed by atoms with Crippen molar-refractivity contribution in [1.29, 1.82) is 0 Å². The summed E-state index contributed by atoms with van der Waals surface area (Å²) >= 11 is 0. The van der Waals surface area contributed by atoms with Gasteiger partial charge < -0.3 is 35.6 Å². The molecule has 1 aromatic rings. The maximum Gasteiger partial charge on any atom is 0.370 e. The number of hydrogen-bond acceptors (Lipinski definition) is 7. The third-order valence-electron chi connectivity index (χ3n) is 3.77. The molecule has 1 aromatic carbocycles. The SMILES string of the molecule is O=C(O)C1=C[C@@H](O)C(NC(=O)c2ccccc2)C(C(O)C(O)CO)O1. The molecule has 0 bridgehead atoms. The highest BCUT2D eigenvalue weighted by atomic mass is 16.5. The van der Waals surface area contributed by atoms with Crippen LogP contribution in [-0.4, -0.2) is 74.5 Å². The summed E-state index contributed by atoms with van der Waals surface area (Å²) in [6.07, 6.45) is -5.49. The van der Waals surface area contributed by atoms with Gasteiger partial charge in [-0.25, -0.2) is 4.79 Å². The molecule has 5 atom stereocenters. The average molecular weight is 353 g/mol. The highest BCUT2D eigenvalue weighted by molar-refractivity contribution is 5.94. The van der Waals surface area contributed by atoms with Crippen molar-refractivity contribution in [2.45, 2.75) is 30.5 Å². The number of benzene rings is 1. The van der Waals surface area contributed by atoms with E-state index in [0.29, 0.717) is 0 Å². The van der Waals surface area contributed by atoms with Crippen molar-refractivity contribution in [1.82, 2.24) is 5.32 Å². The number of rotatable bonds is 6. The van der Waals surface area contributed by atoms with Crippen LogP contribution >= 0.6 is 0 Å². The van der Waals surface area contributed by atoms with Crippen LogP contribution in [0.15, 0.2) is 42.2 Å². The molecular formula is C16H19NO8. The van der Waals surface area contributed by atoms with Crippen LogP contribution in [0.5, 0.6) is 0 Å². The lowest BCUT2D eigenvalue weighted by Gasteiger charge is -2.38. The fourth-order valence-electron chi connectivity index (χ4n) is 2.43. The van der Waals surface area contributed by atoms with Gasteiger partial charge in [-0.05, 0) is 18.2 Å². The topological polar surface area (TPSA) is 157 Å². The van der Waals surface area contributed by atoms with Crippen molar-refractivity contribution >= 4 is 11.9 Å². The van der Waals surface area contributed by atoms with Gasteiger partial charge in [-0.15, -0.1) is 0 Å². The van der Waals surface area contributed by atoms with E-state index in [0.717, 1.165) is 6.08 Å². The number of aliphatic hydroxyl groups excluding tert-OH is 4. The number of carbonyl (C=O) groups excluding carboxylic acids is 1. The monoisotopic (exact) mass is 353 g/mol. The zero-order chi connectivity index (χ0) is 18.6. The Hall–Kier alpha value is -2.46. The van der Waals surface area contributed by atoms with Gasteiger partial charge in [0.15, 0.2) is 6.10 Å². The van der Waals surface area contributed by atoms with Crippen LogP contribution in [0.25, 0.3) is 0 Å².